The first-order chi connectivity index (χ1) is 17.6. The molecule has 0 saturated carbocycles. The minimum absolute atomic E-state index is 0.0545. The number of hydrogen-bond acceptors (Lipinski definition) is 5. The number of carbonyl (C=O) groups excluding carboxylic acids is 2. The molecule has 0 spiro atoms. The first-order valence-corrected chi connectivity index (χ1v) is 13.4. The zero-order chi connectivity index (χ0) is 27.0. The number of amides is 2. The van der Waals surface area contributed by atoms with Gasteiger partial charge in [0.25, 0.3) is 10.0 Å². The smallest absolute Gasteiger partial charge is 0.264 e. The maximum Gasteiger partial charge on any atom is 0.264 e. The van der Waals surface area contributed by atoms with E-state index in [1.807, 2.05) is 44.2 Å². The van der Waals surface area contributed by atoms with Crippen LogP contribution in [0.4, 0.5) is 5.69 Å². The van der Waals surface area contributed by atoms with E-state index in [-0.39, 0.29) is 23.4 Å². The van der Waals surface area contributed by atoms with Crippen molar-refractivity contribution < 1.29 is 22.7 Å². The second-order valence-corrected chi connectivity index (χ2v) is 10.7. The van der Waals surface area contributed by atoms with Crippen LogP contribution in [-0.2, 0) is 26.2 Å². The van der Waals surface area contributed by atoms with Gasteiger partial charge in [-0.3, -0.25) is 13.9 Å². The largest absolute Gasteiger partial charge is 0.497 e. The van der Waals surface area contributed by atoms with Crippen molar-refractivity contribution in [2.75, 3.05) is 18.0 Å². The second-order valence-electron chi connectivity index (χ2n) is 8.87. The summed E-state index contributed by atoms with van der Waals surface area (Å²) in [5.41, 5.74) is 1.12. The molecule has 1 N–H and O–H groups in total. The molecular weight excluding hydrogens is 490 g/mol. The fourth-order valence-electron chi connectivity index (χ4n) is 3.76. The third-order valence-corrected chi connectivity index (χ3v) is 7.55. The van der Waals surface area contributed by atoms with Crippen LogP contribution in [0.1, 0.15) is 26.3 Å². The summed E-state index contributed by atoms with van der Waals surface area (Å²) in [5.74, 6) is -0.274. The molecule has 37 heavy (non-hydrogen) atoms. The monoisotopic (exact) mass is 523 g/mol. The number of nitrogens with one attached hydrogen (secondary N) is 1. The molecule has 0 heterocycles. The fourth-order valence-corrected chi connectivity index (χ4v) is 5.20. The molecular formula is C28H33N3O5S. The van der Waals surface area contributed by atoms with Crippen molar-refractivity contribution in [3.05, 3.63) is 90.5 Å². The maximum absolute atomic E-state index is 13.8. The summed E-state index contributed by atoms with van der Waals surface area (Å²) < 4.78 is 33.7. The zero-order valence-corrected chi connectivity index (χ0v) is 22.3. The minimum atomic E-state index is -4.10. The summed E-state index contributed by atoms with van der Waals surface area (Å²) in [7, 11) is -2.58. The Morgan fingerprint density at radius 2 is 1.43 bits per heavy atom. The van der Waals surface area contributed by atoms with Gasteiger partial charge in [0.2, 0.25) is 11.8 Å². The van der Waals surface area contributed by atoms with Gasteiger partial charge in [0.05, 0.1) is 17.7 Å². The fraction of sp³-hybridized carbons (Fsp3) is 0.286. The van der Waals surface area contributed by atoms with E-state index in [2.05, 4.69) is 5.32 Å². The van der Waals surface area contributed by atoms with E-state index in [0.717, 1.165) is 9.87 Å². The van der Waals surface area contributed by atoms with Gasteiger partial charge in [0, 0.05) is 12.6 Å². The highest BCUT2D eigenvalue weighted by molar-refractivity contribution is 7.92. The molecule has 0 aliphatic heterocycles. The lowest BCUT2D eigenvalue weighted by molar-refractivity contribution is -0.139. The molecule has 0 saturated heterocycles. The molecule has 3 aromatic rings. The lowest BCUT2D eigenvalue weighted by Crippen LogP contribution is -2.52. The number of carbonyl (C=O) groups is 2. The van der Waals surface area contributed by atoms with E-state index in [1.165, 1.54) is 24.1 Å². The van der Waals surface area contributed by atoms with Crippen molar-refractivity contribution in [3.63, 3.8) is 0 Å². The summed E-state index contributed by atoms with van der Waals surface area (Å²) in [5, 5.41) is 2.84. The lowest BCUT2D eigenvalue weighted by Gasteiger charge is -2.32. The van der Waals surface area contributed by atoms with E-state index in [1.54, 1.807) is 49.4 Å². The number of sulfonamides is 1. The molecule has 3 aromatic carbocycles. The Kier molecular flexibility index (Phi) is 9.30. The van der Waals surface area contributed by atoms with Gasteiger partial charge < -0.3 is 15.0 Å². The standard InChI is InChI=1S/C28H33N3O5S/c1-21(2)29-28(33)22(3)30(19-23-11-7-5-8-12-23)27(32)20-31(24-15-17-25(36-4)18-16-24)37(34,35)26-13-9-6-10-14-26/h5-18,21-22H,19-20H2,1-4H3,(H,29,33)/t22-/m1/s1. The van der Waals surface area contributed by atoms with Crippen LogP contribution in [0.25, 0.3) is 0 Å². The number of methoxy groups -OCH3 is 1. The van der Waals surface area contributed by atoms with E-state index in [0.29, 0.717) is 11.4 Å². The predicted molar refractivity (Wildman–Crippen MR) is 144 cm³/mol. The highest BCUT2D eigenvalue weighted by Gasteiger charge is 2.32. The van der Waals surface area contributed by atoms with Crippen molar-refractivity contribution in [3.8, 4) is 5.75 Å². The van der Waals surface area contributed by atoms with Crippen molar-refractivity contribution >= 4 is 27.5 Å². The Balaban J connectivity index is 2.01. The summed E-state index contributed by atoms with van der Waals surface area (Å²) >= 11 is 0. The number of anilines is 1. The van der Waals surface area contributed by atoms with E-state index >= 15 is 0 Å². The molecule has 0 bridgehead atoms. The summed E-state index contributed by atoms with van der Waals surface area (Å²) in [6, 6.07) is 22.7. The molecule has 0 fully saturated rings. The molecule has 0 aromatic heterocycles. The zero-order valence-electron chi connectivity index (χ0n) is 21.5. The van der Waals surface area contributed by atoms with E-state index in [9.17, 15) is 18.0 Å². The molecule has 9 heteroatoms. The minimum Gasteiger partial charge on any atom is -0.497 e. The van der Waals surface area contributed by atoms with Crippen LogP contribution in [0.2, 0.25) is 0 Å². The van der Waals surface area contributed by atoms with Crippen LogP contribution in [0.3, 0.4) is 0 Å². The second kappa shape index (κ2) is 12.4. The van der Waals surface area contributed by atoms with Gasteiger partial charge >= 0.3 is 0 Å². The Labute approximate surface area is 218 Å². The molecule has 196 valence electrons. The predicted octanol–water partition coefficient (Wildman–Crippen LogP) is 3.83. The molecule has 3 rings (SSSR count). The Hall–Kier alpha value is -3.85. The SMILES string of the molecule is COc1ccc(N(CC(=O)N(Cc2ccccc2)[C@H](C)C(=O)NC(C)C)S(=O)(=O)c2ccccc2)cc1. The van der Waals surface area contributed by atoms with Crippen LogP contribution in [0, 0.1) is 0 Å². The number of nitrogens with zero attached hydrogens (tertiary/aromatic N) is 2. The van der Waals surface area contributed by atoms with Crippen molar-refractivity contribution in [2.24, 2.45) is 0 Å². The van der Waals surface area contributed by atoms with E-state index < -0.39 is 28.5 Å². The normalized spacial score (nSPS) is 12.0. The Bertz CT molecular complexity index is 1280. The third-order valence-electron chi connectivity index (χ3n) is 5.76. The van der Waals surface area contributed by atoms with Gasteiger partial charge in [-0.15, -0.1) is 0 Å². The molecule has 0 aliphatic carbocycles. The average Bonchev–Trinajstić information content (AvgIpc) is 2.90. The molecule has 0 radical (unpaired) electrons. The van der Waals surface area contributed by atoms with Gasteiger partial charge in [-0.25, -0.2) is 8.42 Å². The van der Waals surface area contributed by atoms with Crippen molar-refractivity contribution in [1.82, 2.24) is 10.2 Å². The Morgan fingerprint density at radius 3 is 1.97 bits per heavy atom. The highest BCUT2D eigenvalue weighted by Crippen LogP contribution is 2.26. The number of ether oxygens (including phenoxy) is 1. The molecule has 8 nitrogen and oxygen atoms in total. The summed E-state index contributed by atoms with van der Waals surface area (Å²) in [6.45, 7) is 4.98. The third kappa shape index (κ3) is 7.10. The van der Waals surface area contributed by atoms with Crippen LogP contribution >= 0.6 is 0 Å². The molecule has 0 unspecified atom stereocenters. The average molecular weight is 524 g/mol. The lowest BCUT2D eigenvalue weighted by atomic mass is 10.1. The first kappa shape index (κ1) is 27.7. The van der Waals surface area contributed by atoms with Gasteiger partial charge in [0.1, 0.15) is 18.3 Å². The van der Waals surface area contributed by atoms with Gasteiger partial charge in [-0.1, -0.05) is 48.5 Å². The number of rotatable bonds is 11. The first-order valence-electron chi connectivity index (χ1n) is 12.0. The summed E-state index contributed by atoms with van der Waals surface area (Å²) in [4.78, 5) is 28.1. The molecule has 1 atom stereocenters. The van der Waals surface area contributed by atoms with Gasteiger partial charge in [-0.05, 0) is 62.7 Å². The van der Waals surface area contributed by atoms with Gasteiger partial charge in [0.15, 0.2) is 0 Å². The van der Waals surface area contributed by atoms with Crippen LogP contribution in [-0.4, -0.2) is 50.9 Å². The molecule has 0 aliphatic rings. The Morgan fingerprint density at radius 1 is 0.865 bits per heavy atom. The maximum atomic E-state index is 13.8. The van der Waals surface area contributed by atoms with Crippen LogP contribution < -0.4 is 14.4 Å². The van der Waals surface area contributed by atoms with Crippen LogP contribution in [0.5, 0.6) is 5.75 Å². The summed E-state index contributed by atoms with van der Waals surface area (Å²) in [6.07, 6.45) is 0. The van der Waals surface area contributed by atoms with E-state index in [4.69, 9.17) is 4.74 Å². The topological polar surface area (TPSA) is 96.0 Å². The highest BCUT2D eigenvalue weighted by atomic mass is 32.2. The van der Waals surface area contributed by atoms with Crippen LogP contribution in [0.15, 0.2) is 89.8 Å². The van der Waals surface area contributed by atoms with Crippen molar-refractivity contribution in [1.29, 1.82) is 0 Å². The van der Waals surface area contributed by atoms with Gasteiger partial charge in [-0.2, -0.15) is 0 Å². The van der Waals surface area contributed by atoms with Crippen molar-refractivity contribution in [2.45, 2.75) is 44.3 Å². The molecule has 2 amide bonds. The number of benzene rings is 3. The quantitative estimate of drug-likeness (QED) is 0.412. The number of hydrogen-bond donors (Lipinski definition) is 1.